The van der Waals surface area contributed by atoms with Gasteiger partial charge in [-0.3, -0.25) is 13.7 Å². The molecule has 3 aliphatic heterocycles. The summed E-state index contributed by atoms with van der Waals surface area (Å²) in [6.07, 6.45) is 0. The minimum absolute atomic E-state index is 0.660. The molecule has 14 heteroatoms. The van der Waals surface area contributed by atoms with Gasteiger partial charge >= 0.3 is 0 Å². The van der Waals surface area contributed by atoms with Crippen molar-refractivity contribution in [3.8, 4) is 63.0 Å². The summed E-state index contributed by atoms with van der Waals surface area (Å²) in [6, 6.07) is 163. The minimum Gasteiger partial charge on any atom is -0.309 e. The van der Waals surface area contributed by atoms with Crippen LogP contribution in [0.5, 0.6) is 0 Å². The Balaban J connectivity index is 0.000000100. The van der Waals surface area contributed by atoms with Crippen LogP contribution in [0.2, 0.25) is 0 Å². The minimum atomic E-state index is 0.660. The van der Waals surface area contributed by atoms with Crippen molar-refractivity contribution < 1.29 is 0 Å². The van der Waals surface area contributed by atoms with Crippen LogP contribution in [0.4, 0.5) is 51.2 Å². The molecule has 642 valence electrons. The lowest BCUT2D eigenvalue weighted by atomic mass is 9.96. The molecular formula is C124H76N14. The van der Waals surface area contributed by atoms with Crippen molar-refractivity contribution in [2.75, 3.05) is 14.7 Å². The summed E-state index contributed by atoms with van der Waals surface area (Å²) in [5, 5.41) is 17.8. The van der Waals surface area contributed by atoms with E-state index >= 15 is 0 Å². The fourth-order valence-corrected chi connectivity index (χ4v) is 22.5. The fourth-order valence-electron chi connectivity index (χ4n) is 22.5. The highest BCUT2D eigenvalue weighted by atomic mass is 15.2. The third kappa shape index (κ3) is 11.4. The van der Waals surface area contributed by atoms with E-state index in [1.807, 2.05) is 0 Å². The molecule has 0 N–H and O–H groups in total. The maximum absolute atomic E-state index is 5.45. The van der Waals surface area contributed by atoms with Crippen molar-refractivity contribution in [3.05, 3.63) is 461 Å². The first-order valence-electron chi connectivity index (χ1n) is 46.8. The topological polar surface area (TPSA) is 112 Å². The molecule has 0 atom stereocenters. The van der Waals surface area contributed by atoms with E-state index in [0.29, 0.717) is 17.8 Å². The molecule has 0 saturated heterocycles. The average Bonchev–Trinajstić information content (AvgIpc) is 1.13. The number of aromatic nitrogens is 11. The van der Waals surface area contributed by atoms with Gasteiger partial charge in [0, 0.05) is 93.3 Å². The molecule has 0 spiro atoms. The zero-order chi connectivity index (χ0) is 90.3. The van der Waals surface area contributed by atoms with Crippen LogP contribution in [0.25, 0.3) is 216 Å². The van der Waals surface area contributed by atoms with Crippen LogP contribution >= 0.6 is 0 Å². The molecule has 20 aromatic carbocycles. The zero-order valence-electron chi connectivity index (χ0n) is 74.1. The molecule has 28 aromatic rings. The van der Waals surface area contributed by atoms with Crippen molar-refractivity contribution in [1.29, 1.82) is 0 Å². The number of para-hydroxylation sites is 13. The van der Waals surface area contributed by atoms with Crippen LogP contribution in [0.3, 0.4) is 0 Å². The summed E-state index contributed by atoms with van der Waals surface area (Å²) in [4.78, 5) is 39.0. The highest BCUT2D eigenvalue weighted by Gasteiger charge is 2.35. The molecule has 14 nitrogen and oxygen atoms in total. The van der Waals surface area contributed by atoms with Crippen molar-refractivity contribution in [2.24, 2.45) is 0 Å². The molecule has 0 fully saturated rings. The molecule has 0 radical (unpaired) electrons. The van der Waals surface area contributed by atoms with E-state index in [2.05, 4.69) is 499 Å². The largest absolute Gasteiger partial charge is 0.309 e. The number of hydrogen-bond acceptors (Lipinski definition) is 9. The SMILES string of the molecule is c1ccc(N2c3ccccc3-c3nc(-n4c5ccccc5c5c(-n6c7ccccc7c7ccccc76)cccc54)nc4cccc2c34)cc1.c1ccc(N2c3ccccc3-c3nc(-n4c5ccccc5c5c6ccccc6ccc54)nc4cccc2c34)cc1.c1ccc(N2c3ccccc3-c3nc(-n4c5ccccc5c5cc(-n6c7ccccc7c7ccccc76)ccc54)nc4cccc2c34)cc1. The molecular weight excluding hydrogens is 1690 g/mol. The first-order valence-corrected chi connectivity index (χ1v) is 46.8. The van der Waals surface area contributed by atoms with Crippen LogP contribution in [0, 0.1) is 0 Å². The Kier molecular flexibility index (Phi) is 16.9. The number of benzene rings is 20. The lowest BCUT2D eigenvalue weighted by Crippen LogP contribution is -2.16. The van der Waals surface area contributed by atoms with E-state index < -0.39 is 0 Å². The number of rotatable bonds is 8. The van der Waals surface area contributed by atoms with Crippen LogP contribution in [0.15, 0.2) is 461 Å². The highest BCUT2D eigenvalue weighted by Crippen LogP contribution is 2.55. The Morgan fingerprint density at radius 1 is 0.145 bits per heavy atom. The Labute approximate surface area is 789 Å². The molecule has 0 unspecified atom stereocenters. The maximum Gasteiger partial charge on any atom is 0.235 e. The van der Waals surface area contributed by atoms with Gasteiger partial charge in [0.1, 0.15) is 0 Å². The van der Waals surface area contributed by atoms with Gasteiger partial charge < -0.3 is 23.8 Å². The van der Waals surface area contributed by atoms with Gasteiger partial charge in [-0.15, -0.1) is 0 Å². The second kappa shape index (κ2) is 30.3. The van der Waals surface area contributed by atoms with E-state index in [1.165, 1.54) is 75.9 Å². The maximum atomic E-state index is 5.45. The van der Waals surface area contributed by atoms with Crippen LogP contribution in [-0.2, 0) is 0 Å². The van der Waals surface area contributed by atoms with E-state index in [4.69, 9.17) is 29.9 Å². The Hall–Kier alpha value is -18.9. The van der Waals surface area contributed by atoms with Crippen LogP contribution in [0.1, 0.15) is 0 Å². The van der Waals surface area contributed by atoms with Crippen LogP contribution in [-0.4, -0.2) is 52.7 Å². The lowest BCUT2D eigenvalue weighted by molar-refractivity contribution is 1.01. The molecule has 11 heterocycles. The molecule has 0 saturated carbocycles. The summed E-state index contributed by atoms with van der Waals surface area (Å²) < 4.78 is 11.5. The van der Waals surface area contributed by atoms with Gasteiger partial charge in [-0.25, -0.2) is 29.9 Å². The third-order valence-electron chi connectivity index (χ3n) is 28.2. The molecule has 0 amide bonds. The highest BCUT2D eigenvalue weighted by molar-refractivity contribution is 6.23. The molecule has 31 rings (SSSR count). The molecule has 0 aliphatic carbocycles. The standard InChI is InChI=1S/2C44H27N5.C36H22N4/c1-2-14-28(15-3-1)47-37-24-11-7-19-32(37)43-42-33(20-12-25-40(42)47)45-44(46-43)49-36-23-10-6-18-31(36)41-38(26-13-27-39(41)49)48-34-21-8-4-16-29(34)30-17-5-9-22-35(30)48;1-2-13-28(14-3-1)47-39-23-11-7-18-33(39)43-42-35(19-12-24-41(42)47)45-44(46-43)49-38-22-10-6-17-32(38)34-27-29(25-26-40(34)49)48-36-20-8-4-15-30(36)31-16-5-9-21-37(31)48;1-2-12-24(13-3-1)39-30-19-9-7-16-27(30)35-34-28(17-10-20-31(34)39)37-36(38-35)40-29-18-8-6-15-26(29)33-25-14-5-4-11-23(25)21-22-32(33)40/h2*1-27H;1-22H. The van der Waals surface area contributed by atoms with Gasteiger partial charge in [0.2, 0.25) is 17.8 Å². The normalized spacial score (nSPS) is 12.4. The predicted molar refractivity (Wildman–Crippen MR) is 569 cm³/mol. The molecule has 0 bridgehead atoms. The zero-order valence-corrected chi connectivity index (χ0v) is 74.1. The van der Waals surface area contributed by atoms with E-state index in [0.717, 1.165) is 173 Å². The predicted octanol–water partition coefficient (Wildman–Crippen LogP) is 31.9. The Bertz CT molecular complexity index is 9880. The summed E-state index contributed by atoms with van der Waals surface area (Å²) in [5.74, 6) is 2.01. The Morgan fingerprint density at radius 3 is 0.855 bits per heavy atom. The smallest absolute Gasteiger partial charge is 0.235 e. The van der Waals surface area contributed by atoms with Gasteiger partial charge in [0.15, 0.2) is 0 Å². The second-order valence-electron chi connectivity index (χ2n) is 35.5. The number of anilines is 9. The van der Waals surface area contributed by atoms with E-state index in [-0.39, 0.29) is 0 Å². The van der Waals surface area contributed by atoms with E-state index in [9.17, 15) is 0 Å². The van der Waals surface area contributed by atoms with Crippen molar-refractivity contribution >= 4 is 204 Å². The first kappa shape index (κ1) is 76.8. The quantitative estimate of drug-likeness (QED) is 0.147. The number of nitrogens with zero attached hydrogens (tertiary/aromatic N) is 14. The van der Waals surface area contributed by atoms with Gasteiger partial charge in [0.25, 0.3) is 0 Å². The van der Waals surface area contributed by atoms with E-state index in [1.54, 1.807) is 0 Å². The van der Waals surface area contributed by atoms with Crippen molar-refractivity contribution in [2.45, 2.75) is 0 Å². The second-order valence-corrected chi connectivity index (χ2v) is 35.5. The molecule has 138 heavy (non-hydrogen) atoms. The monoisotopic (exact) mass is 1760 g/mol. The number of hydrogen-bond donors (Lipinski definition) is 0. The van der Waals surface area contributed by atoms with Crippen LogP contribution < -0.4 is 14.7 Å². The lowest BCUT2D eigenvalue weighted by Gasteiger charge is -2.32. The Morgan fingerprint density at radius 2 is 0.428 bits per heavy atom. The number of fused-ring (bicyclic) bond motifs is 23. The van der Waals surface area contributed by atoms with Crippen molar-refractivity contribution in [3.63, 3.8) is 0 Å². The van der Waals surface area contributed by atoms with Gasteiger partial charge in [0.05, 0.1) is 145 Å². The summed E-state index contributed by atoms with van der Waals surface area (Å²) >= 11 is 0. The van der Waals surface area contributed by atoms with Crippen molar-refractivity contribution in [1.82, 2.24) is 52.7 Å². The fraction of sp³-hybridized carbons (Fsp3) is 0. The molecule has 3 aliphatic rings. The molecule has 8 aromatic heterocycles. The summed E-state index contributed by atoms with van der Waals surface area (Å²) in [5.41, 5.74) is 32.4. The van der Waals surface area contributed by atoms with Gasteiger partial charge in [-0.2, -0.15) is 0 Å². The summed E-state index contributed by atoms with van der Waals surface area (Å²) in [7, 11) is 0. The summed E-state index contributed by atoms with van der Waals surface area (Å²) in [6.45, 7) is 0. The van der Waals surface area contributed by atoms with Gasteiger partial charge in [-0.1, -0.05) is 291 Å². The van der Waals surface area contributed by atoms with Gasteiger partial charge in [-0.05, 0) is 181 Å². The first-order chi connectivity index (χ1) is 68.5. The average molecular weight is 1760 g/mol. The third-order valence-corrected chi connectivity index (χ3v) is 28.2.